The molecule has 0 saturated carbocycles. The minimum atomic E-state index is -0.622. The maximum Gasteiger partial charge on any atom is 0.330 e. The minimum Gasteiger partial charge on any atom is -0.394 e. The van der Waals surface area contributed by atoms with Crippen LogP contribution in [0.3, 0.4) is 0 Å². The zero-order chi connectivity index (χ0) is 19.0. The Bertz CT molecular complexity index is 1060. The number of aromatic nitrogens is 5. The molecule has 1 fully saturated rings. The molecule has 0 aliphatic carbocycles. The van der Waals surface area contributed by atoms with E-state index >= 15 is 0 Å². The van der Waals surface area contributed by atoms with Crippen molar-refractivity contribution >= 4 is 0 Å². The summed E-state index contributed by atoms with van der Waals surface area (Å²) in [6, 6.07) is 9.36. The van der Waals surface area contributed by atoms with Crippen molar-refractivity contribution < 1.29 is 9.84 Å². The topological polar surface area (TPSA) is 115 Å². The first kappa shape index (κ1) is 17.4. The van der Waals surface area contributed by atoms with Crippen molar-refractivity contribution in [1.82, 2.24) is 24.5 Å². The fourth-order valence-corrected chi connectivity index (χ4v) is 3.41. The van der Waals surface area contributed by atoms with Crippen LogP contribution in [0.25, 0.3) is 11.3 Å². The van der Waals surface area contributed by atoms with Gasteiger partial charge < -0.3 is 9.84 Å². The van der Waals surface area contributed by atoms with Gasteiger partial charge in [0.2, 0.25) is 0 Å². The lowest BCUT2D eigenvalue weighted by Crippen LogP contribution is -2.33. The molecule has 9 nitrogen and oxygen atoms in total. The van der Waals surface area contributed by atoms with Crippen molar-refractivity contribution in [3.8, 4) is 11.3 Å². The van der Waals surface area contributed by atoms with Crippen molar-refractivity contribution in [3.05, 3.63) is 69.1 Å². The van der Waals surface area contributed by atoms with E-state index in [1.54, 1.807) is 17.8 Å². The lowest BCUT2D eigenvalue weighted by molar-refractivity contribution is -0.0322. The number of rotatable bonds is 4. The number of aliphatic hydroxyl groups is 1. The van der Waals surface area contributed by atoms with Gasteiger partial charge in [0.1, 0.15) is 12.3 Å². The number of benzene rings is 1. The molecule has 27 heavy (non-hydrogen) atoms. The zero-order valence-electron chi connectivity index (χ0n) is 14.6. The van der Waals surface area contributed by atoms with Gasteiger partial charge in [-0.3, -0.25) is 14.3 Å². The number of H-pyrrole nitrogens is 1. The number of hydrogen-bond acceptors (Lipinski definition) is 6. The highest BCUT2D eigenvalue weighted by Crippen LogP contribution is 2.37. The van der Waals surface area contributed by atoms with Crippen LogP contribution in [0.2, 0.25) is 0 Å². The van der Waals surface area contributed by atoms with E-state index in [2.05, 4.69) is 15.3 Å². The number of nitrogens with one attached hydrogen (secondary N) is 1. The Hall–Kier alpha value is -3.04. The molecule has 9 heteroatoms. The van der Waals surface area contributed by atoms with E-state index in [1.165, 1.54) is 10.8 Å². The van der Waals surface area contributed by atoms with Gasteiger partial charge in [-0.15, -0.1) is 5.10 Å². The van der Waals surface area contributed by atoms with Crippen LogP contribution in [0, 0.1) is 6.92 Å². The van der Waals surface area contributed by atoms with Gasteiger partial charge >= 0.3 is 5.69 Å². The normalized spacial score (nSPS) is 22.2. The molecule has 1 saturated heterocycles. The second-order valence-electron chi connectivity index (χ2n) is 6.52. The Morgan fingerprint density at radius 2 is 2.07 bits per heavy atom. The number of aliphatic hydroxyl groups excluding tert-OH is 1. The van der Waals surface area contributed by atoms with Crippen LogP contribution >= 0.6 is 0 Å². The Morgan fingerprint density at radius 3 is 2.81 bits per heavy atom. The number of hydrogen-bond donors (Lipinski definition) is 2. The van der Waals surface area contributed by atoms with Crippen molar-refractivity contribution in [2.75, 3.05) is 6.61 Å². The first-order chi connectivity index (χ1) is 13.1. The molecule has 2 aromatic heterocycles. The van der Waals surface area contributed by atoms with E-state index in [0.29, 0.717) is 12.0 Å². The maximum atomic E-state index is 12.2. The van der Waals surface area contributed by atoms with Gasteiger partial charge in [0.25, 0.3) is 5.56 Å². The molecular formula is C18H19N5O4. The highest BCUT2D eigenvalue weighted by atomic mass is 16.5. The summed E-state index contributed by atoms with van der Waals surface area (Å²) in [4.78, 5) is 26.1. The fourth-order valence-electron chi connectivity index (χ4n) is 3.41. The summed E-state index contributed by atoms with van der Waals surface area (Å²) in [5.41, 5.74) is 1.18. The molecule has 0 bridgehead atoms. The van der Waals surface area contributed by atoms with Gasteiger partial charge in [-0.2, -0.15) is 0 Å². The maximum absolute atomic E-state index is 12.2. The average molecular weight is 369 g/mol. The summed E-state index contributed by atoms with van der Waals surface area (Å²) in [5, 5.41) is 18.0. The van der Waals surface area contributed by atoms with Gasteiger partial charge in [0.15, 0.2) is 0 Å². The average Bonchev–Trinajstić information content (AvgIpc) is 3.31. The van der Waals surface area contributed by atoms with Crippen LogP contribution in [0.15, 0.2) is 52.3 Å². The summed E-state index contributed by atoms with van der Waals surface area (Å²) >= 11 is 0. The molecule has 0 amide bonds. The number of ether oxygens (including phenoxy) is 1. The van der Waals surface area contributed by atoms with Crippen LogP contribution in [0.5, 0.6) is 0 Å². The highest BCUT2D eigenvalue weighted by Gasteiger charge is 2.39. The third-order valence-corrected chi connectivity index (χ3v) is 4.80. The molecule has 140 valence electrons. The van der Waals surface area contributed by atoms with Gasteiger partial charge in [-0.1, -0.05) is 35.5 Å². The number of aryl methyl sites for hydroxylation is 1. The first-order valence-corrected chi connectivity index (χ1v) is 8.62. The van der Waals surface area contributed by atoms with Gasteiger partial charge in [-0.25, -0.2) is 9.48 Å². The van der Waals surface area contributed by atoms with E-state index in [-0.39, 0.29) is 12.6 Å². The molecule has 1 aromatic carbocycles. The van der Waals surface area contributed by atoms with Crippen molar-refractivity contribution in [1.29, 1.82) is 0 Å². The SMILES string of the molecule is Cc1cn(C2C[C@H](n3nncc3-c3ccccc3)[C@@H](CO)O2)c(=O)[nH]c1=O. The summed E-state index contributed by atoms with van der Waals surface area (Å²) < 4.78 is 8.97. The van der Waals surface area contributed by atoms with Crippen LogP contribution in [0.4, 0.5) is 0 Å². The number of aromatic amines is 1. The third-order valence-electron chi connectivity index (χ3n) is 4.80. The Kier molecular flexibility index (Phi) is 4.46. The molecule has 0 radical (unpaired) electrons. The van der Waals surface area contributed by atoms with E-state index < -0.39 is 23.6 Å². The number of nitrogens with zero attached hydrogens (tertiary/aromatic N) is 4. The Morgan fingerprint density at radius 1 is 1.30 bits per heavy atom. The van der Waals surface area contributed by atoms with Crippen LogP contribution in [-0.2, 0) is 4.74 Å². The monoisotopic (exact) mass is 369 g/mol. The van der Waals surface area contributed by atoms with Crippen LogP contribution in [-0.4, -0.2) is 42.4 Å². The second kappa shape index (κ2) is 6.93. The molecule has 1 unspecified atom stereocenters. The van der Waals surface area contributed by atoms with Crippen molar-refractivity contribution in [3.63, 3.8) is 0 Å². The molecule has 3 atom stereocenters. The molecule has 0 spiro atoms. The molecular weight excluding hydrogens is 350 g/mol. The second-order valence-corrected chi connectivity index (χ2v) is 6.52. The summed E-state index contributed by atoms with van der Waals surface area (Å²) in [7, 11) is 0. The molecule has 3 heterocycles. The largest absolute Gasteiger partial charge is 0.394 e. The van der Waals surface area contributed by atoms with E-state index in [4.69, 9.17) is 4.74 Å². The molecule has 1 aliphatic heterocycles. The van der Waals surface area contributed by atoms with Crippen molar-refractivity contribution in [2.45, 2.75) is 31.7 Å². The van der Waals surface area contributed by atoms with Crippen molar-refractivity contribution in [2.24, 2.45) is 0 Å². The highest BCUT2D eigenvalue weighted by molar-refractivity contribution is 5.58. The van der Waals surface area contributed by atoms with E-state index in [1.807, 2.05) is 30.3 Å². The van der Waals surface area contributed by atoms with E-state index in [0.717, 1.165) is 11.3 Å². The minimum absolute atomic E-state index is 0.230. The fraction of sp³-hybridized carbons (Fsp3) is 0.333. The predicted molar refractivity (Wildman–Crippen MR) is 96.2 cm³/mol. The van der Waals surface area contributed by atoms with Gasteiger partial charge in [0.05, 0.1) is 24.5 Å². The molecule has 4 rings (SSSR count). The Labute approximate surface area is 153 Å². The first-order valence-electron chi connectivity index (χ1n) is 8.62. The standard InChI is InChI=1S/C18H19N5O4/c1-11-9-22(18(26)20-17(11)25)16-7-13(15(10-24)27-16)23-14(8-19-21-23)12-5-3-2-4-6-12/h2-6,8-9,13,15-16,24H,7,10H2,1H3,(H,20,25,26)/t13-,15+,16?/m0/s1. The summed E-state index contributed by atoms with van der Waals surface area (Å²) in [5.74, 6) is 0. The predicted octanol–water partition coefficient (Wildman–Crippen LogP) is 0.625. The van der Waals surface area contributed by atoms with E-state index in [9.17, 15) is 14.7 Å². The lowest BCUT2D eigenvalue weighted by atomic mass is 10.1. The summed E-state index contributed by atoms with van der Waals surface area (Å²) in [6.45, 7) is 1.39. The zero-order valence-corrected chi connectivity index (χ0v) is 14.6. The Balaban J connectivity index is 1.70. The smallest absolute Gasteiger partial charge is 0.330 e. The van der Waals surface area contributed by atoms with Gasteiger partial charge in [0, 0.05) is 23.7 Å². The van der Waals surface area contributed by atoms with Gasteiger partial charge in [-0.05, 0) is 6.92 Å². The molecule has 2 N–H and O–H groups in total. The summed E-state index contributed by atoms with van der Waals surface area (Å²) in [6.07, 6.45) is 2.36. The molecule has 3 aromatic rings. The van der Waals surface area contributed by atoms with Crippen LogP contribution in [0.1, 0.15) is 24.3 Å². The quantitative estimate of drug-likeness (QED) is 0.697. The van der Waals surface area contributed by atoms with Crippen LogP contribution < -0.4 is 11.2 Å². The molecule has 1 aliphatic rings. The third kappa shape index (κ3) is 3.11. The lowest BCUT2D eigenvalue weighted by Gasteiger charge is -2.18.